The fourth-order valence-corrected chi connectivity index (χ4v) is 2.67. The number of hydrogen-bond donors (Lipinski definition) is 2. The number of carboxylic acid groups (broad SMARTS) is 1. The van der Waals surface area contributed by atoms with Gasteiger partial charge in [-0.15, -0.1) is 0 Å². The Bertz CT molecular complexity index is 360. The maximum absolute atomic E-state index is 12.2. The van der Waals surface area contributed by atoms with Crippen LogP contribution in [0.1, 0.15) is 40.5 Å². The Balaban J connectivity index is 2.49. The number of nitrogens with one attached hydrogen (secondary N) is 1. The van der Waals surface area contributed by atoms with Crippen molar-refractivity contribution in [3.63, 3.8) is 0 Å². The Morgan fingerprint density at radius 2 is 2.05 bits per heavy atom. The third kappa shape index (κ3) is 6.33. The number of carbonyl (C=O) groups is 2. The predicted molar refractivity (Wildman–Crippen MR) is 80.2 cm³/mol. The van der Waals surface area contributed by atoms with Gasteiger partial charge < -0.3 is 20.1 Å². The smallest absolute Gasteiger partial charge is 0.317 e. The van der Waals surface area contributed by atoms with E-state index in [4.69, 9.17) is 9.84 Å². The molecule has 6 heteroatoms. The minimum atomic E-state index is -0.816. The molecule has 2 amide bonds. The molecule has 1 aliphatic rings. The maximum Gasteiger partial charge on any atom is 0.317 e. The van der Waals surface area contributed by atoms with Crippen molar-refractivity contribution in [1.29, 1.82) is 0 Å². The van der Waals surface area contributed by atoms with Gasteiger partial charge in [0, 0.05) is 19.5 Å². The average Bonchev–Trinajstić information content (AvgIpc) is 2.37. The zero-order valence-corrected chi connectivity index (χ0v) is 13.5. The lowest BCUT2D eigenvalue weighted by Crippen LogP contribution is -2.54. The number of urea groups is 1. The Morgan fingerprint density at radius 1 is 1.38 bits per heavy atom. The molecule has 0 spiro atoms. The van der Waals surface area contributed by atoms with Crippen LogP contribution in [0.25, 0.3) is 0 Å². The van der Waals surface area contributed by atoms with Crippen molar-refractivity contribution >= 4 is 12.0 Å². The minimum Gasteiger partial charge on any atom is -0.481 e. The van der Waals surface area contributed by atoms with Gasteiger partial charge in [0.2, 0.25) is 0 Å². The van der Waals surface area contributed by atoms with Crippen molar-refractivity contribution in [2.75, 3.05) is 19.7 Å². The molecule has 1 fully saturated rings. The molecule has 1 rings (SSSR count). The van der Waals surface area contributed by atoms with E-state index in [-0.39, 0.29) is 30.5 Å². The van der Waals surface area contributed by atoms with Crippen LogP contribution >= 0.6 is 0 Å². The highest BCUT2D eigenvalue weighted by molar-refractivity contribution is 5.74. The monoisotopic (exact) mass is 300 g/mol. The molecule has 3 atom stereocenters. The lowest BCUT2D eigenvalue weighted by atomic mass is 9.94. The third-order valence-corrected chi connectivity index (χ3v) is 3.68. The molecule has 1 saturated heterocycles. The van der Waals surface area contributed by atoms with Crippen LogP contribution in [0.15, 0.2) is 0 Å². The first-order valence-electron chi connectivity index (χ1n) is 7.67. The second-order valence-electron chi connectivity index (χ2n) is 6.42. The van der Waals surface area contributed by atoms with Crippen molar-refractivity contribution in [2.45, 2.75) is 52.7 Å². The minimum absolute atomic E-state index is 0.0276. The van der Waals surface area contributed by atoms with E-state index in [0.717, 1.165) is 6.42 Å². The summed E-state index contributed by atoms with van der Waals surface area (Å²) in [4.78, 5) is 24.9. The van der Waals surface area contributed by atoms with Crippen LogP contribution in [0.5, 0.6) is 0 Å². The molecule has 1 heterocycles. The first-order chi connectivity index (χ1) is 9.79. The summed E-state index contributed by atoms with van der Waals surface area (Å²) in [5.41, 5.74) is 0. The van der Waals surface area contributed by atoms with Gasteiger partial charge in [-0.05, 0) is 32.1 Å². The quantitative estimate of drug-likeness (QED) is 0.786. The van der Waals surface area contributed by atoms with E-state index in [2.05, 4.69) is 19.2 Å². The number of morpholine rings is 1. The van der Waals surface area contributed by atoms with Crippen LogP contribution in [0.4, 0.5) is 4.79 Å². The summed E-state index contributed by atoms with van der Waals surface area (Å²) in [5, 5.41) is 11.8. The lowest BCUT2D eigenvalue weighted by molar-refractivity contribution is -0.138. The van der Waals surface area contributed by atoms with Gasteiger partial charge in [-0.1, -0.05) is 13.8 Å². The number of rotatable bonds is 6. The van der Waals surface area contributed by atoms with Crippen molar-refractivity contribution in [1.82, 2.24) is 10.2 Å². The van der Waals surface area contributed by atoms with E-state index in [9.17, 15) is 9.59 Å². The topological polar surface area (TPSA) is 78.9 Å². The zero-order valence-electron chi connectivity index (χ0n) is 13.5. The van der Waals surface area contributed by atoms with Crippen LogP contribution in [-0.2, 0) is 9.53 Å². The molecule has 0 aromatic heterocycles. The van der Waals surface area contributed by atoms with E-state index >= 15 is 0 Å². The maximum atomic E-state index is 12.2. The molecule has 2 N–H and O–H groups in total. The molecule has 3 unspecified atom stereocenters. The van der Waals surface area contributed by atoms with Gasteiger partial charge in [0.15, 0.2) is 0 Å². The fraction of sp³-hybridized carbons (Fsp3) is 0.867. The standard InChI is InChI=1S/C15H28N2O4/c1-10(2)5-13(6-14(18)19)7-16-15(20)17-8-12(4)21-9-11(17)3/h10-13H,5-9H2,1-4H3,(H,16,20)(H,18,19). The van der Waals surface area contributed by atoms with E-state index in [0.29, 0.717) is 25.6 Å². The van der Waals surface area contributed by atoms with Gasteiger partial charge in [-0.2, -0.15) is 0 Å². The number of carbonyl (C=O) groups excluding carboxylic acids is 1. The summed E-state index contributed by atoms with van der Waals surface area (Å²) < 4.78 is 5.50. The first kappa shape index (κ1) is 17.8. The summed E-state index contributed by atoms with van der Waals surface area (Å²) in [6, 6.07) is -0.0824. The summed E-state index contributed by atoms with van der Waals surface area (Å²) >= 11 is 0. The molecule has 0 radical (unpaired) electrons. The van der Waals surface area contributed by atoms with Crippen LogP contribution in [0, 0.1) is 11.8 Å². The SMILES string of the molecule is CC(C)CC(CNC(=O)N1CC(C)OCC1C)CC(=O)O. The number of ether oxygens (including phenoxy) is 1. The van der Waals surface area contributed by atoms with Gasteiger partial charge in [0.05, 0.1) is 18.8 Å². The van der Waals surface area contributed by atoms with Crippen LogP contribution in [-0.4, -0.2) is 53.8 Å². The van der Waals surface area contributed by atoms with Crippen molar-refractivity contribution in [3.05, 3.63) is 0 Å². The molecule has 21 heavy (non-hydrogen) atoms. The average molecular weight is 300 g/mol. The summed E-state index contributed by atoms with van der Waals surface area (Å²) in [6.45, 7) is 9.53. The highest BCUT2D eigenvalue weighted by Crippen LogP contribution is 2.16. The van der Waals surface area contributed by atoms with Gasteiger partial charge in [-0.3, -0.25) is 4.79 Å². The van der Waals surface area contributed by atoms with Crippen molar-refractivity contribution in [3.8, 4) is 0 Å². The Hall–Kier alpha value is -1.30. The van der Waals surface area contributed by atoms with Crippen molar-refractivity contribution < 1.29 is 19.4 Å². The number of carboxylic acids is 1. The number of aliphatic carboxylic acids is 1. The summed E-state index contributed by atoms with van der Waals surface area (Å²) in [5.74, 6) is -0.433. The number of amides is 2. The number of nitrogens with zero attached hydrogens (tertiary/aromatic N) is 1. The third-order valence-electron chi connectivity index (χ3n) is 3.68. The second kappa shape index (κ2) is 8.22. The normalized spacial score (nSPS) is 24.0. The molecular weight excluding hydrogens is 272 g/mol. The molecular formula is C15H28N2O4. The zero-order chi connectivity index (χ0) is 16.0. The fourth-order valence-electron chi connectivity index (χ4n) is 2.67. The highest BCUT2D eigenvalue weighted by atomic mass is 16.5. The highest BCUT2D eigenvalue weighted by Gasteiger charge is 2.28. The van der Waals surface area contributed by atoms with E-state index in [1.807, 2.05) is 13.8 Å². The van der Waals surface area contributed by atoms with E-state index in [1.54, 1.807) is 4.90 Å². The van der Waals surface area contributed by atoms with Crippen LogP contribution in [0.3, 0.4) is 0 Å². The van der Waals surface area contributed by atoms with E-state index in [1.165, 1.54) is 0 Å². The van der Waals surface area contributed by atoms with Crippen molar-refractivity contribution in [2.24, 2.45) is 11.8 Å². The lowest BCUT2D eigenvalue weighted by Gasteiger charge is -2.37. The Labute approximate surface area is 126 Å². The molecule has 1 aliphatic heterocycles. The molecule has 0 aliphatic carbocycles. The summed E-state index contributed by atoms with van der Waals surface area (Å²) in [6.07, 6.45) is 0.923. The van der Waals surface area contributed by atoms with Gasteiger partial charge in [0.25, 0.3) is 0 Å². The Morgan fingerprint density at radius 3 is 2.62 bits per heavy atom. The summed E-state index contributed by atoms with van der Waals surface area (Å²) in [7, 11) is 0. The van der Waals surface area contributed by atoms with Crippen LogP contribution < -0.4 is 5.32 Å². The predicted octanol–water partition coefficient (Wildman–Crippen LogP) is 1.94. The molecule has 0 aromatic rings. The van der Waals surface area contributed by atoms with Crippen LogP contribution in [0.2, 0.25) is 0 Å². The second-order valence-corrected chi connectivity index (χ2v) is 6.42. The molecule has 122 valence electrons. The molecule has 0 aromatic carbocycles. The van der Waals surface area contributed by atoms with E-state index < -0.39 is 5.97 Å². The molecule has 0 saturated carbocycles. The number of hydrogen-bond acceptors (Lipinski definition) is 3. The molecule has 6 nitrogen and oxygen atoms in total. The van der Waals surface area contributed by atoms with Gasteiger partial charge in [-0.25, -0.2) is 4.79 Å². The molecule has 0 bridgehead atoms. The van der Waals surface area contributed by atoms with Gasteiger partial charge in [0.1, 0.15) is 0 Å². The first-order valence-corrected chi connectivity index (χ1v) is 7.67. The van der Waals surface area contributed by atoms with Gasteiger partial charge >= 0.3 is 12.0 Å². The Kier molecular flexibility index (Phi) is 6.95. The largest absolute Gasteiger partial charge is 0.481 e.